The SMILES string of the molecule is Oc1ccc(Br)cc1C1C=C(c2ccc(Br)cc2)NC(c2ccc(Cl)cc2Cl)[NH2+]1. The molecular weight excluding hydrogens is 539 g/mol. The van der Waals surface area contributed by atoms with Gasteiger partial charge in [-0.15, -0.1) is 0 Å². The fourth-order valence-electron chi connectivity index (χ4n) is 3.44. The number of phenols is 1. The molecule has 3 aromatic rings. The van der Waals surface area contributed by atoms with Crippen LogP contribution in [-0.2, 0) is 0 Å². The van der Waals surface area contributed by atoms with E-state index in [1.807, 2.05) is 48.5 Å². The topological polar surface area (TPSA) is 48.9 Å². The Bertz CT molecular complexity index is 1090. The average Bonchev–Trinajstić information content (AvgIpc) is 2.70. The van der Waals surface area contributed by atoms with Crippen LogP contribution >= 0.6 is 55.1 Å². The monoisotopic (exact) mass is 553 g/mol. The molecule has 0 radical (unpaired) electrons. The van der Waals surface area contributed by atoms with E-state index in [1.54, 1.807) is 12.1 Å². The van der Waals surface area contributed by atoms with Crippen molar-refractivity contribution >= 4 is 60.8 Å². The molecule has 4 rings (SSSR count). The fourth-order valence-corrected chi connectivity index (χ4v) is 4.61. The second-order valence-electron chi connectivity index (χ2n) is 6.80. The maximum Gasteiger partial charge on any atom is 0.188 e. The third-order valence-corrected chi connectivity index (χ3v) is 6.44. The summed E-state index contributed by atoms with van der Waals surface area (Å²) >= 11 is 19.6. The van der Waals surface area contributed by atoms with Crippen molar-refractivity contribution in [2.45, 2.75) is 12.2 Å². The molecule has 0 spiro atoms. The Morgan fingerprint density at radius 2 is 1.59 bits per heavy atom. The van der Waals surface area contributed by atoms with Crippen LogP contribution in [0.1, 0.15) is 28.9 Å². The summed E-state index contributed by atoms with van der Waals surface area (Å²) in [5.41, 5.74) is 3.78. The molecule has 1 aliphatic heterocycles. The highest BCUT2D eigenvalue weighted by Crippen LogP contribution is 2.33. The number of rotatable bonds is 3. The molecule has 7 heteroatoms. The molecule has 148 valence electrons. The van der Waals surface area contributed by atoms with Gasteiger partial charge < -0.3 is 15.7 Å². The number of nitrogens with one attached hydrogen (secondary N) is 1. The summed E-state index contributed by atoms with van der Waals surface area (Å²) in [7, 11) is 0. The highest BCUT2D eigenvalue weighted by Gasteiger charge is 2.30. The smallest absolute Gasteiger partial charge is 0.188 e. The molecule has 1 heterocycles. The number of aromatic hydroxyl groups is 1. The van der Waals surface area contributed by atoms with E-state index in [4.69, 9.17) is 23.2 Å². The summed E-state index contributed by atoms with van der Waals surface area (Å²) < 4.78 is 1.93. The minimum atomic E-state index is -0.146. The normalized spacial score (nSPS) is 18.8. The summed E-state index contributed by atoms with van der Waals surface area (Å²) in [6.45, 7) is 0. The molecule has 0 fully saturated rings. The molecule has 0 amide bonds. The third kappa shape index (κ3) is 4.65. The Kier molecular flexibility index (Phi) is 6.23. The summed E-state index contributed by atoms with van der Waals surface area (Å²) in [4.78, 5) is 0. The van der Waals surface area contributed by atoms with Gasteiger partial charge in [0.05, 0.1) is 10.6 Å². The van der Waals surface area contributed by atoms with Gasteiger partial charge in [-0.25, -0.2) is 0 Å². The van der Waals surface area contributed by atoms with Gasteiger partial charge in [0.15, 0.2) is 6.17 Å². The molecule has 0 bridgehead atoms. The number of halogens is 4. The van der Waals surface area contributed by atoms with Crippen molar-refractivity contribution in [1.82, 2.24) is 5.32 Å². The molecule has 2 atom stereocenters. The molecule has 2 unspecified atom stereocenters. The summed E-state index contributed by atoms with van der Waals surface area (Å²) in [6.07, 6.45) is 1.97. The number of phenolic OH excluding ortho intramolecular Hbond substituents is 1. The van der Waals surface area contributed by atoms with Crippen LogP contribution < -0.4 is 10.6 Å². The van der Waals surface area contributed by atoms with E-state index < -0.39 is 0 Å². The van der Waals surface area contributed by atoms with Gasteiger partial charge in [0, 0.05) is 31.3 Å². The Morgan fingerprint density at radius 1 is 0.862 bits per heavy atom. The van der Waals surface area contributed by atoms with Gasteiger partial charge in [-0.05, 0) is 54.1 Å². The van der Waals surface area contributed by atoms with Gasteiger partial charge >= 0.3 is 0 Å². The van der Waals surface area contributed by atoms with Gasteiger partial charge in [-0.3, -0.25) is 0 Å². The highest BCUT2D eigenvalue weighted by molar-refractivity contribution is 9.10. The number of benzene rings is 3. The third-order valence-electron chi connectivity index (χ3n) is 4.86. The summed E-state index contributed by atoms with van der Waals surface area (Å²) in [6, 6.07) is 19.0. The van der Waals surface area contributed by atoms with Gasteiger partial charge in [0.2, 0.25) is 0 Å². The van der Waals surface area contributed by atoms with E-state index in [2.05, 4.69) is 48.6 Å². The van der Waals surface area contributed by atoms with Crippen LogP contribution in [0, 0.1) is 0 Å². The Morgan fingerprint density at radius 3 is 2.31 bits per heavy atom. The minimum Gasteiger partial charge on any atom is -0.507 e. The summed E-state index contributed by atoms with van der Waals surface area (Å²) in [5.74, 6) is 0.253. The Hall–Kier alpha value is -1.50. The zero-order valence-electron chi connectivity index (χ0n) is 15.0. The molecule has 1 aliphatic rings. The fraction of sp³-hybridized carbons (Fsp3) is 0.0909. The maximum atomic E-state index is 10.5. The van der Waals surface area contributed by atoms with Gasteiger partial charge in [-0.2, -0.15) is 0 Å². The van der Waals surface area contributed by atoms with Crippen molar-refractivity contribution in [3.63, 3.8) is 0 Å². The first-order chi connectivity index (χ1) is 13.9. The zero-order chi connectivity index (χ0) is 20.5. The lowest BCUT2D eigenvalue weighted by Gasteiger charge is -2.30. The lowest BCUT2D eigenvalue weighted by atomic mass is 9.98. The van der Waals surface area contributed by atoms with Crippen molar-refractivity contribution in [2.75, 3.05) is 0 Å². The van der Waals surface area contributed by atoms with Gasteiger partial charge in [0.1, 0.15) is 11.8 Å². The van der Waals surface area contributed by atoms with E-state index >= 15 is 0 Å². The van der Waals surface area contributed by atoms with Crippen molar-refractivity contribution < 1.29 is 10.4 Å². The molecule has 29 heavy (non-hydrogen) atoms. The Balaban J connectivity index is 1.79. The number of hydrogen-bond donors (Lipinski definition) is 3. The van der Waals surface area contributed by atoms with E-state index in [9.17, 15) is 5.11 Å². The number of quaternary nitrogens is 1. The molecular formula is C22H17Br2Cl2N2O+. The maximum absolute atomic E-state index is 10.5. The Labute approximate surface area is 196 Å². The van der Waals surface area contributed by atoms with Gasteiger partial charge in [0.25, 0.3) is 0 Å². The van der Waals surface area contributed by atoms with E-state index in [0.29, 0.717) is 10.0 Å². The molecule has 3 nitrogen and oxygen atoms in total. The molecule has 4 N–H and O–H groups in total. The standard InChI is InChI=1S/C22H16Br2Cl2N2O/c23-13-3-1-12(2-4-13)19-11-20(17-9-14(24)5-8-21(17)29)28-22(27-19)16-7-6-15(25)10-18(16)26/h1-11,20,22,27-29H/p+1. The predicted molar refractivity (Wildman–Crippen MR) is 125 cm³/mol. The van der Waals surface area contributed by atoms with Crippen LogP contribution in [0.4, 0.5) is 0 Å². The van der Waals surface area contributed by atoms with Crippen LogP contribution in [0.3, 0.4) is 0 Å². The first kappa shape index (κ1) is 20.8. The lowest BCUT2D eigenvalue weighted by molar-refractivity contribution is -0.731. The van der Waals surface area contributed by atoms with Crippen LogP contribution in [0.5, 0.6) is 5.75 Å². The average molecular weight is 556 g/mol. The van der Waals surface area contributed by atoms with E-state index in [-0.39, 0.29) is 18.0 Å². The largest absolute Gasteiger partial charge is 0.507 e. The van der Waals surface area contributed by atoms with Crippen LogP contribution in [-0.4, -0.2) is 5.11 Å². The number of hydrogen-bond acceptors (Lipinski definition) is 2. The molecule has 0 saturated heterocycles. The zero-order valence-corrected chi connectivity index (χ0v) is 19.7. The van der Waals surface area contributed by atoms with Crippen molar-refractivity contribution in [2.24, 2.45) is 0 Å². The molecule has 0 saturated carbocycles. The molecule has 3 aromatic carbocycles. The van der Waals surface area contributed by atoms with Crippen molar-refractivity contribution in [1.29, 1.82) is 0 Å². The van der Waals surface area contributed by atoms with E-state index in [1.165, 1.54) is 0 Å². The van der Waals surface area contributed by atoms with Crippen molar-refractivity contribution in [3.8, 4) is 5.75 Å². The summed E-state index contributed by atoms with van der Waals surface area (Å²) in [5, 5.41) is 17.4. The van der Waals surface area contributed by atoms with Gasteiger partial charge in [-0.1, -0.05) is 67.2 Å². The lowest BCUT2D eigenvalue weighted by Crippen LogP contribution is -2.89. The van der Waals surface area contributed by atoms with Crippen LogP contribution in [0.25, 0.3) is 5.70 Å². The molecule has 0 aromatic heterocycles. The van der Waals surface area contributed by atoms with Crippen LogP contribution in [0.2, 0.25) is 10.0 Å². The quantitative estimate of drug-likeness (QED) is 0.362. The first-order valence-corrected chi connectivity index (χ1v) is 11.3. The highest BCUT2D eigenvalue weighted by atomic mass is 79.9. The van der Waals surface area contributed by atoms with E-state index in [0.717, 1.165) is 31.3 Å². The van der Waals surface area contributed by atoms with Crippen LogP contribution in [0.15, 0.2) is 75.7 Å². The van der Waals surface area contributed by atoms with Crippen molar-refractivity contribution in [3.05, 3.63) is 102 Å². The molecule has 0 aliphatic carbocycles. The minimum absolute atomic E-state index is 0.107. The first-order valence-electron chi connectivity index (χ1n) is 8.93. The number of nitrogens with two attached hydrogens (primary N) is 1. The second kappa shape index (κ2) is 8.70. The predicted octanol–water partition coefficient (Wildman–Crippen LogP) is 6.17. The second-order valence-corrected chi connectivity index (χ2v) is 9.47.